The lowest BCUT2D eigenvalue weighted by Gasteiger charge is -2.05. The van der Waals surface area contributed by atoms with E-state index < -0.39 is 19.8 Å². The van der Waals surface area contributed by atoms with Gasteiger partial charge in [-0.2, -0.15) is 0 Å². The number of benzene rings is 2. The molecule has 0 aliphatic carbocycles. The van der Waals surface area contributed by atoms with E-state index in [1.165, 1.54) is 36.4 Å². The van der Waals surface area contributed by atoms with Gasteiger partial charge < -0.3 is 14.7 Å². The Morgan fingerprint density at radius 2 is 1.29 bits per heavy atom. The number of rotatable bonds is 4. The zero-order chi connectivity index (χ0) is 18.3. The maximum atomic E-state index is 10.5. The Morgan fingerprint density at radius 1 is 0.875 bits per heavy atom. The summed E-state index contributed by atoms with van der Waals surface area (Å²) in [5.41, 5.74) is 0.628. The van der Waals surface area contributed by atoms with Gasteiger partial charge in [0.25, 0.3) is 0 Å². The molecule has 0 saturated carbocycles. The van der Waals surface area contributed by atoms with Crippen molar-refractivity contribution in [2.24, 2.45) is 0 Å². The van der Waals surface area contributed by atoms with Crippen molar-refractivity contribution < 1.29 is 38.7 Å². The fourth-order valence-electron chi connectivity index (χ4n) is 1.59. The fraction of sp³-hybridized carbons (Fsp3) is 0.0667. The monoisotopic (exact) mass is 354 g/mol. The molecule has 0 radical (unpaired) electrons. The smallest absolute Gasteiger partial charge is 0.478 e. The van der Waals surface area contributed by atoms with Crippen molar-refractivity contribution in [2.75, 3.05) is 0 Å². The van der Waals surface area contributed by atoms with E-state index in [-0.39, 0.29) is 16.9 Å². The molecular formula is C15H15O8P. The topological polar surface area (TPSA) is 141 Å². The Bertz CT molecular complexity index is 730. The first-order chi connectivity index (χ1) is 11.1. The van der Waals surface area contributed by atoms with Crippen LogP contribution in [0.4, 0.5) is 0 Å². The average molecular weight is 354 g/mol. The van der Waals surface area contributed by atoms with E-state index in [9.17, 15) is 14.2 Å². The van der Waals surface area contributed by atoms with Crippen LogP contribution < -0.4 is 4.52 Å². The maximum Gasteiger partial charge on any atom is 0.524 e. The minimum absolute atomic E-state index is 0.175. The number of aromatic carboxylic acids is 2. The van der Waals surface area contributed by atoms with E-state index >= 15 is 0 Å². The summed E-state index contributed by atoms with van der Waals surface area (Å²) in [6.45, 7) is 1.88. The number of carboxylic acids is 2. The molecule has 2 aromatic rings. The summed E-state index contributed by atoms with van der Waals surface area (Å²) in [6, 6.07) is 11.9. The summed E-state index contributed by atoms with van der Waals surface area (Å²) in [7, 11) is -4.40. The van der Waals surface area contributed by atoms with Gasteiger partial charge in [-0.05, 0) is 31.2 Å². The van der Waals surface area contributed by atoms with Gasteiger partial charge in [0.05, 0.1) is 11.1 Å². The SMILES string of the molecule is Cc1ccc(OP(=O)(O)O)cc1.O=C(O)c1ccccc1C(=O)O. The Hall–Kier alpha value is -2.67. The van der Waals surface area contributed by atoms with Gasteiger partial charge in [0.2, 0.25) is 0 Å². The predicted octanol–water partition coefficient (Wildman–Crippen LogP) is 2.55. The summed E-state index contributed by atoms with van der Waals surface area (Å²) in [6.07, 6.45) is 0. The zero-order valence-electron chi connectivity index (χ0n) is 12.5. The highest BCUT2D eigenvalue weighted by atomic mass is 31.2. The largest absolute Gasteiger partial charge is 0.524 e. The minimum Gasteiger partial charge on any atom is -0.478 e. The zero-order valence-corrected chi connectivity index (χ0v) is 13.4. The highest BCUT2D eigenvalue weighted by molar-refractivity contribution is 7.46. The van der Waals surface area contributed by atoms with Gasteiger partial charge in [-0.25, -0.2) is 14.2 Å². The van der Waals surface area contributed by atoms with Gasteiger partial charge in [-0.1, -0.05) is 29.8 Å². The van der Waals surface area contributed by atoms with Crippen LogP contribution in [0.15, 0.2) is 48.5 Å². The summed E-state index contributed by atoms with van der Waals surface area (Å²) < 4.78 is 14.7. The summed E-state index contributed by atoms with van der Waals surface area (Å²) in [4.78, 5) is 37.8. The van der Waals surface area contributed by atoms with Gasteiger partial charge in [0.1, 0.15) is 5.75 Å². The van der Waals surface area contributed by atoms with Crippen LogP contribution in [0.25, 0.3) is 0 Å². The molecule has 0 aliphatic heterocycles. The van der Waals surface area contributed by atoms with Gasteiger partial charge in [-0.3, -0.25) is 9.79 Å². The third-order valence-electron chi connectivity index (χ3n) is 2.63. The predicted molar refractivity (Wildman–Crippen MR) is 84.2 cm³/mol. The Balaban J connectivity index is 0.000000240. The maximum absolute atomic E-state index is 10.5. The van der Waals surface area contributed by atoms with Gasteiger partial charge in [0, 0.05) is 0 Å². The van der Waals surface area contributed by atoms with Crippen LogP contribution in [0.3, 0.4) is 0 Å². The standard InChI is InChI=1S/C8H6O4.C7H9O4P/c9-7(10)5-3-1-2-4-6(5)8(11)12;1-6-2-4-7(5-3-6)11-12(8,9)10/h1-4H,(H,9,10)(H,11,12);2-5H,1H3,(H2,8,9,10). The molecule has 2 aromatic carbocycles. The lowest BCUT2D eigenvalue weighted by Crippen LogP contribution is -2.06. The first-order valence-electron chi connectivity index (χ1n) is 6.47. The highest BCUT2D eigenvalue weighted by Crippen LogP contribution is 2.37. The quantitative estimate of drug-likeness (QED) is 0.614. The van der Waals surface area contributed by atoms with Crippen molar-refractivity contribution in [3.8, 4) is 5.75 Å². The lowest BCUT2D eigenvalue weighted by molar-refractivity contribution is 0.0651. The second-order valence-corrected chi connectivity index (χ2v) is 5.71. The molecule has 4 N–H and O–H groups in total. The average Bonchev–Trinajstić information content (AvgIpc) is 2.49. The molecule has 0 unspecified atom stereocenters. The van der Waals surface area contributed by atoms with Crippen LogP contribution in [0.2, 0.25) is 0 Å². The number of carboxylic acid groups (broad SMARTS) is 2. The first kappa shape index (κ1) is 19.4. The van der Waals surface area contributed by atoms with Crippen LogP contribution >= 0.6 is 7.82 Å². The van der Waals surface area contributed by atoms with Crippen LogP contribution in [0, 0.1) is 6.92 Å². The van der Waals surface area contributed by atoms with Crippen LogP contribution in [0.5, 0.6) is 5.75 Å². The molecule has 0 amide bonds. The number of hydrogen-bond donors (Lipinski definition) is 4. The number of hydrogen-bond acceptors (Lipinski definition) is 4. The van der Waals surface area contributed by atoms with Crippen molar-refractivity contribution >= 4 is 19.8 Å². The van der Waals surface area contributed by atoms with Crippen molar-refractivity contribution in [3.63, 3.8) is 0 Å². The molecule has 0 aromatic heterocycles. The molecule has 0 aliphatic rings. The summed E-state index contributed by atoms with van der Waals surface area (Å²) in [5, 5.41) is 17.1. The normalized spacial score (nSPS) is 10.3. The number of phosphoric acid groups is 1. The molecular weight excluding hydrogens is 339 g/mol. The van der Waals surface area contributed by atoms with Crippen molar-refractivity contribution in [1.29, 1.82) is 0 Å². The molecule has 2 rings (SSSR count). The molecule has 0 bridgehead atoms. The molecule has 0 saturated heterocycles. The van der Waals surface area contributed by atoms with Crippen molar-refractivity contribution in [3.05, 3.63) is 65.2 Å². The minimum atomic E-state index is -4.40. The van der Waals surface area contributed by atoms with Gasteiger partial charge in [0.15, 0.2) is 0 Å². The molecule has 0 heterocycles. The fourth-order valence-corrected chi connectivity index (χ4v) is 1.99. The van der Waals surface area contributed by atoms with E-state index in [0.717, 1.165) is 5.56 Å². The molecule has 9 heteroatoms. The lowest BCUT2D eigenvalue weighted by atomic mass is 10.1. The molecule has 8 nitrogen and oxygen atoms in total. The third-order valence-corrected chi connectivity index (χ3v) is 3.08. The van der Waals surface area contributed by atoms with Crippen molar-refractivity contribution in [1.82, 2.24) is 0 Å². The Morgan fingerprint density at radius 3 is 1.62 bits per heavy atom. The second-order valence-electron chi connectivity index (χ2n) is 4.55. The van der Waals surface area contributed by atoms with E-state index in [1.807, 2.05) is 6.92 Å². The van der Waals surface area contributed by atoms with Crippen LogP contribution in [-0.2, 0) is 4.57 Å². The molecule has 0 atom stereocenters. The number of aryl methyl sites for hydroxylation is 1. The second kappa shape index (κ2) is 8.26. The number of carbonyl (C=O) groups is 2. The van der Waals surface area contributed by atoms with E-state index in [2.05, 4.69) is 4.52 Å². The Labute approximate surface area is 137 Å². The van der Waals surface area contributed by atoms with Crippen LogP contribution in [0.1, 0.15) is 26.3 Å². The highest BCUT2D eigenvalue weighted by Gasteiger charge is 2.15. The first-order valence-corrected chi connectivity index (χ1v) is 8.00. The van der Waals surface area contributed by atoms with Gasteiger partial charge >= 0.3 is 19.8 Å². The van der Waals surface area contributed by atoms with Crippen molar-refractivity contribution in [2.45, 2.75) is 6.92 Å². The summed E-state index contributed by atoms with van der Waals surface area (Å²) >= 11 is 0. The molecule has 24 heavy (non-hydrogen) atoms. The Kier molecular flexibility index (Phi) is 6.67. The molecule has 0 fully saturated rings. The third kappa shape index (κ3) is 6.62. The van der Waals surface area contributed by atoms with E-state index in [4.69, 9.17) is 20.0 Å². The van der Waals surface area contributed by atoms with Gasteiger partial charge in [-0.15, -0.1) is 0 Å². The number of phosphoric ester groups is 1. The summed E-state index contributed by atoms with van der Waals surface area (Å²) in [5.74, 6) is -2.28. The van der Waals surface area contributed by atoms with Crippen LogP contribution in [-0.4, -0.2) is 31.9 Å². The molecule has 0 spiro atoms. The molecule has 128 valence electrons. The van der Waals surface area contributed by atoms with E-state index in [0.29, 0.717) is 0 Å². The van der Waals surface area contributed by atoms with E-state index in [1.54, 1.807) is 12.1 Å².